The Morgan fingerprint density at radius 1 is 1.20 bits per heavy atom. The number of urea groups is 1. The van der Waals surface area contributed by atoms with Gasteiger partial charge < -0.3 is 15.4 Å². The molecule has 0 bridgehead atoms. The van der Waals surface area contributed by atoms with Crippen molar-refractivity contribution in [3.63, 3.8) is 0 Å². The van der Waals surface area contributed by atoms with Gasteiger partial charge in [0.05, 0.1) is 18.2 Å². The molecule has 1 aromatic heterocycles. The molecule has 2 rings (SSSR count). The minimum atomic E-state index is -4.51. The van der Waals surface area contributed by atoms with Crippen LogP contribution in [0.1, 0.15) is 18.5 Å². The number of hydrogen-bond donors (Lipinski definition) is 2. The lowest BCUT2D eigenvalue weighted by Gasteiger charge is -2.36. The van der Waals surface area contributed by atoms with Gasteiger partial charge in [0.25, 0.3) is 0 Å². The zero-order valence-corrected chi connectivity index (χ0v) is 12.6. The van der Waals surface area contributed by atoms with E-state index in [-0.39, 0.29) is 31.0 Å². The summed E-state index contributed by atoms with van der Waals surface area (Å²) in [6, 6.07) is -0.139. The number of carbonyl (C=O) groups excluding carboxylic acids is 1. The highest BCUT2D eigenvalue weighted by Gasteiger charge is 2.48. The second kappa shape index (κ2) is 7.31. The lowest BCUT2D eigenvalue weighted by Crippen LogP contribution is -2.51. The summed E-state index contributed by atoms with van der Waals surface area (Å²) in [4.78, 5) is 18.8. The van der Waals surface area contributed by atoms with E-state index in [1.807, 2.05) is 0 Å². The molecule has 12 heteroatoms. The molecule has 1 saturated carbocycles. The van der Waals surface area contributed by atoms with Crippen LogP contribution in [0.15, 0.2) is 12.4 Å². The summed E-state index contributed by atoms with van der Waals surface area (Å²) >= 11 is 0. The van der Waals surface area contributed by atoms with Crippen LogP contribution in [-0.2, 0) is 6.54 Å². The van der Waals surface area contributed by atoms with E-state index in [0.29, 0.717) is 0 Å². The topological polar surface area (TPSA) is 76.1 Å². The Bertz CT molecular complexity index is 601. The van der Waals surface area contributed by atoms with Crippen molar-refractivity contribution in [2.45, 2.75) is 37.8 Å². The van der Waals surface area contributed by atoms with Crippen molar-refractivity contribution in [1.82, 2.24) is 20.6 Å². The number of halogens is 6. The summed E-state index contributed by atoms with van der Waals surface area (Å²) in [7, 11) is 0. The van der Waals surface area contributed by atoms with Gasteiger partial charge in [-0.25, -0.2) is 14.8 Å². The summed E-state index contributed by atoms with van der Waals surface area (Å²) in [6.07, 6.45) is -8.16. The fourth-order valence-electron chi connectivity index (χ4n) is 2.12. The number of hydrogen-bond acceptors (Lipinski definition) is 4. The third kappa shape index (κ3) is 6.27. The molecule has 0 spiro atoms. The average molecular weight is 372 g/mol. The molecule has 2 amide bonds. The predicted molar refractivity (Wildman–Crippen MR) is 71.5 cm³/mol. The first-order chi connectivity index (χ1) is 11.5. The van der Waals surface area contributed by atoms with Crippen molar-refractivity contribution in [3.05, 3.63) is 18.1 Å². The molecule has 25 heavy (non-hydrogen) atoms. The van der Waals surface area contributed by atoms with Crippen molar-refractivity contribution in [2.24, 2.45) is 5.92 Å². The average Bonchev–Trinajstić information content (AvgIpc) is 2.45. The van der Waals surface area contributed by atoms with Crippen molar-refractivity contribution < 1.29 is 35.9 Å². The van der Waals surface area contributed by atoms with E-state index in [4.69, 9.17) is 0 Å². The Labute approximate surface area is 138 Å². The molecule has 1 aromatic rings. The van der Waals surface area contributed by atoms with Gasteiger partial charge in [-0.05, 0) is 12.8 Å². The monoisotopic (exact) mass is 372 g/mol. The van der Waals surface area contributed by atoms with Gasteiger partial charge in [-0.15, -0.1) is 0 Å². The maximum Gasteiger partial charge on any atom is 0.422 e. The number of nitrogens with zero attached hydrogens (tertiary/aromatic N) is 2. The summed E-state index contributed by atoms with van der Waals surface area (Å²) in [5.41, 5.74) is 0.184. The first kappa shape index (κ1) is 19.1. The number of amides is 2. The first-order valence-electron chi connectivity index (χ1n) is 7.14. The quantitative estimate of drug-likeness (QED) is 0.779. The highest BCUT2D eigenvalue weighted by molar-refractivity contribution is 5.74. The smallest absolute Gasteiger partial charge is 0.422 e. The molecule has 1 aliphatic rings. The molecule has 2 N–H and O–H groups in total. The van der Waals surface area contributed by atoms with Gasteiger partial charge in [-0.2, -0.15) is 26.3 Å². The van der Waals surface area contributed by atoms with Crippen LogP contribution < -0.4 is 15.4 Å². The Morgan fingerprint density at radius 2 is 1.88 bits per heavy atom. The summed E-state index contributed by atoms with van der Waals surface area (Å²) in [5, 5.41) is 4.73. The van der Waals surface area contributed by atoms with Crippen molar-refractivity contribution >= 4 is 6.03 Å². The van der Waals surface area contributed by atoms with Crippen LogP contribution in [0.5, 0.6) is 5.88 Å². The Balaban J connectivity index is 1.73. The Hall–Kier alpha value is -2.27. The van der Waals surface area contributed by atoms with E-state index < -0.39 is 37.0 Å². The van der Waals surface area contributed by atoms with Crippen LogP contribution in [0.3, 0.4) is 0 Å². The Morgan fingerprint density at radius 3 is 2.48 bits per heavy atom. The third-order valence-corrected chi connectivity index (χ3v) is 3.45. The van der Waals surface area contributed by atoms with Gasteiger partial charge >= 0.3 is 18.4 Å². The number of ether oxygens (including phenoxy) is 1. The zero-order chi connectivity index (χ0) is 18.7. The van der Waals surface area contributed by atoms with E-state index in [2.05, 4.69) is 25.3 Å². The summed E-state index contributed by atoms with van der Waals surface area (Å²) in [6.45, 7) is -1.66. The van der Waals surface area contributed by atoms with E-state index >= 15 is 0 Å². The highest BCUT2D eigenvalue weighted by atomic mass is 19.4. The third-order valence-electron chi connectivity index (χ3n) is 3.45. The van der Waals surface area contributed by atoms with E-state index in [0.717, 1.165) is 12.4 Å². The SMILES string of the molecule is O=C(NCc1cc(OCC(F)(F)F)ncn1)N[C@H]1C[C@H](C(F)(F)F)C1. The van der Waals surface area contributed by atoms with Crippen LogP contribution in [-0.4, -0.2) is 41.0 Å². The molecule has 0 aromatic carbocycles. The van der Waals surface area contributed by atoms with Crippen LogP contribution >= 0.6 is 0 Å². The molecule has 1 heterocycles. The standard InChI is InChI=1S/C13H14F6N4O2/c14-12(15,16)5-25-10-3-9(21-6-22-10)4-20-11(24)23-8-1-7(2-8)13(17,18)19/h3,6-8H,1-2,4-5H2,(H2,20,23,24)/t7-,8-. The molecule has 0 atom stereocenters. The van der Waals surface area contributed by atoms with Crippen LogP contribution in [0.25, 0.3) is 0 Å². The molecule has 1 aliphatic carbocycles. The number of carbonyl (C=O) groups is 1. The predicted octanol–water partition coefficient (Wildman–Crippen LogP) is 2.56. The van der Waals surface area contributed by atoms with Gasteiger partial charge in [0.2, 0.25) is 5.88 Å². The number of rotatable bonds is 5. The minimum absolute atomic E-state index is 0.147. The summed E-state index contributed by atoms with van der Waals surface area (Å²) in [5.74, 6) is -1.72. The normalized spacial score (nSPS) is 20.6. The van der Waals surface area contributed by atoms with Crippen molar-refractivity contribution in [1.29, 1.82) is 0 Å². The molecule has 6 nitrogen and oxygen atoms in total. The molecule has 140 valence electrons. The Kier molecular flexibility index (Phi) is 5.58. The second-order valence-corrected chi connectivity index (χ2v) is 5.49. The van der Waals surface area contributed by atoms with Crippen LogP contribution in [0.2, 0.25) is 0 Å². The molecule has 0 radical (unpaired) electrons. The van der Waals surface area contributed by atoms with Gasteiger partial charge in [0, 0.05) is 12.1 Å². The largest absolute Gasteiger partial charge is 0.468 e. The highest BCUT2D eigenvalue weighted by Crippen LogP contribution is 2.40. The molecule has 0 unspecified atom stereocenters. The van der Waals surface area contributed by atoms with Crippen LogP contribution in [0.4, 0.5) is 31.1 Å². The number of nitrogens with one attached hydrogen (secondary N) is 2. The lowest BCUT2D eigenvalue weighted by molar-refractivity contribution is -0.198. The van der Waals surface area contributed by atoms with Gasteiger partial charge in [-0.1, -0.05) is 0 Å². The van der Waals surface area contributed by atoms with Gasteiger partial charge in [-0.3, -0.25) is 0 Å². The van der Waals surface area contributed by atoms with Gasteiger partial charge in [0.1, 0.15) is 6.33 Å². The number of aromatic nitrogens is 2. The molecule has 1 fully saturated rings. The maximum atomic E-state index is 12.3. The van der Waals surface area contributed by atoms with E-state index in [1.54, 1.807) is 0 Å². The first-order valence-corrected chi connectivity index (χ1v) is 7.14. The second-order valence-electron chi connectivity index (χ2n) is 5.49. The lowest BCUT2D eigenvalue weighted by atomic mass is 9.80. The summed E-state index contributed by atoms with van der Waals surface area (Å²) < 4.78 is 77.6. The van der Waals surface area contributed by atoms with Gasteiger partial charge in [0.15, 0.2) is 6.61 Å². The van der Waals surface area contributed by atoms with E-state index in [1.165, 1.54) is 0 Å². The minimum Gasteiger partial charge on any atom is -0.468 e. The van der Waals surface area contributed by atoms with Crippen molar-refractivity contribution in [2.75, 3.05) is 6.61 Å². The van der Waals surface area contributed by atoms with Crippen molar-refractivity contribution in [3.8, 4) is 5.88 Å². The van der Waals surface area contributed by atoms with Crippen LogP contribution in [0, 0.1) is 5.92 Å². The molecular formula is C13H14F6N4O2. The fraction of sp³-hybridized carbons (Fsp3) is 0.615. The maximum absolute atomic E-state index is 12.3. The molecular weight excluding hydrogens is 358 g/mol. The fourth-order valence-corrected chi connectivity index (χ4v) is 2.12. The zero-order valence-electron chi connectivity index (χ0n) is 12.6. The van der Waals surface area contributed by atoms with E-state index in [9.17, 15) is 31.1 Å². The molecule has 0 saturated heterocycles. The molecule has 0 aliphatic heterocycles. The number of alkyl halides is 6.